The van der Waals surface area contributed by atoms with Gasteiger partial charge >= 0.3 is 6.09 Å². The van der Waals surface area contributed by atoms with Crippen LogP contribution < -0.4 is 10.6 Å². The topological polar surface area (TPSA) is 87.7 Å². The molecule has 1 aromatic carbocycles. The van der Waals surface area contributed by atoms with E-state index < -0.39 is 23.8 Å². The first kappa shape index (κ1) is 27.7. The summed E-state index contributed by atoms with van der Waals surface area (Å²) >= 11 is 0. The lowest BCUT2D eigenvalue weighted by Crippen LogP contribution is -2.59. The van der Waals surface area contributed by atoms with Crippen LogP contribution >= 0.6 is 0 Å². The Hall–Kier alpha value is -2.57. The molecule has 1 aliphatic rings. The van der Waals surface area contributed by atoms with Crippen molar-refractivity contribution in [3.8, 4) is 0 Å². The molecule has 34 heavy (non-hydrogen) atoms. The Morgan fingerprint density at radius 1 is 1.09 bits per heavy atom. The standard InChI is InChI=1S/C27H43N3O4/c1-9-18(4)22(29-26(33)34-27(6,7)8)25(32)30(20-14-12-15-20)23(24(31)28-17(2)3)21-16-11-10-13-19(21)5/h10-11,13,16-18,20,22-23H,9,12,14-15H2,1-8H3,(H,28,31)(H,29,33). The summed E-state index contributed by atoms with van der Waals surface area (Å²) in [5, 5.41) is 5.84. The number of hydrogen-bond acceptors (Lipinski definition) is 4. The van der Waals surface area contributed by atoms with Crippen LogP contribution in [-0.4, -0.2) is 46.5 Å². The average molecular weight is 474 g/mol. The van der Waals surface area contributed by atoms with Crippen LogP contribution in [0.3, 0.4) is 0 Å². The van der Waals surface area contributed by atoms with Crippen molar-refractivity contribution in [2.75, 3.05) is 0 Å². The van der Waals surface area contributed by atoms with E-state index in [0.29, 0.717) is 6.42 Å². The lowest BCUT2D eigenvalue weighted by molar-refractivity contribution is -0.148. The highest BCUT2D eigenvalue weighted by Crippen LogP contribution is 2.35. The first-order valence-electron chi connectivity index (χ1n) is 12.5. The number of carbonyl (C=O) groups excluding carboxylic acids is 3. The van der Waals surface area contributed by atoms with E-state index in [1.54, 1.807) is 25.7 Å². The smallest absolute Gasteiger partial charge is 0.408 e. The lowest BCUT2D eigenvalue weighted by Gasteiger charge is -2.44. The van der Waals surface area contributed by atoms with Crippen molar-refractivity contribution in [1.82, 2.24) is 15.5 Å². The minimum Gasteiger partial charge on any atom is -0.444 e. The highest BCUT2D eigenvalue weighted by Gasteiger charge is 2.43. The Bertz CT molecular complexity index is 858. The summed E-state index contributed by atoms with van der Waals surface area (Å²) in [5.74, 6) is -0.574. The van der Waals surface area contributed by atoms with E-state index in [0.717, 1.165) is 30.4 Å². The van der Waals surface area contributed by atoms with Gasteiger partial charge in [-0.1, -0.05) is 44.5 Å². The van der Waals surface area contributed by atoms with Crippen LogP contribution in [0.25, 0.3) is 0 Å². The first-order valence-corrected chi connectivity index (χ1v) is 12.5. The van der Waals surface area contributed by atoms with Gasteiger partial charge in [0.1, 0.15) is 17.7 Å². The van der Waals surface area contributed by atoms with Crippen molar-refractivity contribution in [2.24, 2.45) is 5.92 Å². The van der Waals surface area contributed by atoms with Crippen LogP contribution in [0.1, 0.15) is 91.3 Å². The summed E-state index contributed by atoms with van der Waals surface area (Å²) in [4.78, 5) is 42.1. The second kappa shape index (κ2) is 11.7. The molecule has 0 saturated heterocycles. The number of rotatable bonds is 9. The van der Waals surface area contributed by atoms with Gasteiger partial charge in [-0.3, -0.25) is 9.59 Å². The van der Waals surface area contributed by atoms with Gasteiger partial charge in [-0.15, -0.1) is 0 Å². The van der Waals surface area contributed by atoms with E-state index in [9.17, 15) is 14.4 Å². The predicted molar refractivity (Wildman–Crippen MR) is 134 cm³/mol. The summed E-state index contributed by atoms with van der Waals surface area (Å²) in [5.41, 5.74) is 1.08. The maximum absolute atomic E-state index is 14.2. The Labute approximate surface area is 205 Å². The number of aryl methyl sites for hydroxylation is 1. The molecule has 1 aliphatic carbocycles. The quantitative estimate of drug-likeness (QED) is 0.535. The number of nitrogens with one attached hydrogen (secondary N) is 2. The van der Waals surface area contributed by atoms with Crippen molar-refractivity contribution in [3.05, 3.63) is 35.4 Å². The molecular formula is C27H43N3O4. The molecule has 0 bridgehead atoms. The predicted octanol–water partition coefficient (Wildman–Crippen LogP) is 4.88. The van der Waals surface area contributed by atoms with Crippen LogP contribution in [0.4, 0.5) is 4.79 Å². The zero-order valence-corrected chi connectivity index (χ0v) is 22.1. The molecule has 0 aromatic heterocycles. The van der Waals surface area contributed by atoms with E-state index in [-0.39, 0.29) is 29.8 Å². The van der Waals surface area contributed by atoms with Crippen LogP contribution in [0, 0.1) is 12.8 Å². The van der Waals surface area contributed by atoms with E-state index in [1.807, 2.05) is 58.9 Å². The molecule has 1 aromatic rings. The third kappa shape index (κ3) is 7.21. The van der Waals surface area contributed by atoms with Gasteiger partial charge in [0.2, 0.25) is 11.8 Å². The fourth-order valence-corrected chi connectivity index (χ4v) is 4.14. The molecule has 7 heteroatoms. The van der Waals surface area contributed by atoms with Gasteiger partial charge in [0.05, 0.1) is 0 Å². The molecule has 3 atom stereocenters. The molecule has 0 aliphatic heterocycles. The molecule has 0 radical (unpaired) electrons. The number of amides is 3. The van der Waals surface area contributed by atoms with Crippen LogP contribution in [0.2, 0.25) is 0 Å². The lowest BCUT2D eigenvalue weighted by atomic mass is 9.86. The van der Waals surface area contributed by atoms with E-state index in [1.165, 1.54) is 0 Å². The van der Waals surface area contributed by atoms with E-state index >= 15 is 0 Å². The number of benzene rings is 1. The number of nitrogens with zero attached hydrogens (tertiary/aromatic N) is 1. The third-order valence-corrected chi connectivity index (χ3v) is 6.31. The molecule has 1 saturated carbocycles. The van der Waals surface area contributed by atoms with Crippen molar-refractivity contribution < 1.29 is 19.1 Å². The van der Waals surface area contributed by atoms with Crippen LogP contribution in [-0.2, 0) is 14.3 Å². The molecule has 2 rings (SSSR count). The minimum absolute atomic E-state index is 0.0537. The molecule has 1 fully saturated rings. The van der Waals surface area contributed by atoms with Gasteiger partial charge in [0.25, 0.3) is 0 Å². The minimum atomic E-state index is -0.793. The number of ether oxygens (including phenoxy) is 1. The number of carbonyl (C=O) groups is 3. The second-order valence-electron chi connectivity index (χ2n) is 10.8. The molecule has 0 heterocycles. The molecule has 7 nitrogen and oxygen atoms in total. The van der Waals surface area contributed by atoms with E-state index in [4.69, 9.17) is 4.74 Å². The summed E-state index contributed by atoms with van der Waals surface area (Å²) in [6.45, 7) is 15.1. The van der Waals surface area contributed by atoms with Crippen molar-refractivity contribution >= 4 is 17.9 Å². The zero-order chi connectivity index (χ0) is 25.6. The van der Waals surface area contributed by atoms with Crippen molar-refractivity contribution in [2.45, 2.75) is 111 Å². The van der Waals surface area contributed by atoms with Crippen molar-refractivity contribution in [3.63, 3.8) is 0 Å². The Morgan fingerprint density at radius 3 is 2.18 bits per heavy atom. The summed E-state index contributed by atoms with van der Waals surface area (Å²) in [6, 6.07) is 6.01. The Balaban J connectivity index is 2.51. The van der Waals surface area contributed by atoms with Gasteiger partial charge in [0.15, 0.2) is 0 Å². The highest BCUT2D eigenvalue weighted by molar-refractivity contribution is 5.93. The largest absolute Gasteiger partial charge is 0.444 e. The maximum atomic E-state index is 14.2. The normalized spacial score (nSPS) is 16.7. The first-order chi connectivity index (χ1) is 15.9. The van der Waals surface area contributed by atoms with E-state index in [2.05, 4.69) is 10.6 Å². The van der Waals surface area contributed by atoms with Gasteiger partial charge < -0.3 is 20.3 Å². The number of hydrogen-bond donors (Lipinski definition) is 2. The van der Waals surface area contributed by atoms with Crippen molar-refractivity contribution in [1.29, 1.82) is 0 Å². The highest BCUT2D eigenvalue weighted by atomic mass is 16.6. The van der Waals surface area contributed by atoms with Gasteiger partial charge in [-0.2, -0.15) is 0 Å². The Kier molecular flexibility index (Phi) is 9.54. The average Bonchev–Trinajstić information content (AvgIpc) is 2.68. The fourth-order valence-electron chi connectivity index (χ4n) is 4.14. The van der Waals surface area contributed by atoms with Gasteiger partial charge in [0, 0.05) is 12.1 Å². The summed E-state index contributed by atoms with van der Waals surface area (Å²) < 4.78 is 5.46. The maximum Gasteiger partial charge on any atom is 0.408 e. The summed E-state index contributed by atoms with van der Waals surface area (Å²) in [7, 11) is 0. The molecule has 3 amide bonds. The fraction of sp³-hybridized carbons (Fsp3) is 0.667. The second-order valence-corrected chi connectivity index (χ2v) is 10.8. The molecule has 0 spiro atoms. The molecular weight excluding hydrogens is 430 g/mol. The molecule has 3 unspecified atom stereocenters. The monoisotopic (exact) mass is 473 g/mol. The number of alkyl carbamates (subject to hydrolysis) is 1. The molecule has 190 valence electrons. The molecule has 2 N–H and O–H groups in total. The summed E-state index contributed by atoms with van der Waals surface area (Å²) in [6.07, 6.45) is 2.75. The zero-order valence-electron chi connectivity index (χ0n) is 22.1. The third-order valence-electron chi connectivity index (χ3n) is 6.31. The Morgan fingerprint density at radius 2 is 1.71 bits per heavy atom. The van der Waals surface area contributed by atoms with Gasteiger partial charge in [-0.05, 0) is 77.8 Å². The van der Waals surface area contributed by atoms with Crippen LogP contribution in [0.15, 0.2) is 24.3 Å². The van der Waals surface area contributed by atoms with Crippen LogP contribution in [0.5, 0.6) is 0 Å². The SMILES string of the molecule is CCC(C)C(NC(=O)OC(C)(C)C)C(=O)N(C1CCC1)C(C(=O)NC(C)C)c1ccccc1C. The van der Waals surface area contributed by atoms with Gasteiger partial charge in [-0.25, -0.2) is 4.79 Å².